The van der Waals surface area contributed by atoms with E-state index in [2.05, 4.69) is 44.1 Å². The van der Waals surface area contributed by atoms with Gasteiger partial charge in [0.25, 0.3) is 0 Å². The van der Waals surface area contributed by atoms with Gasteiger partial charge in [0.05, 0.1) is 7.11 Å². The Bertz CT molecular complexity index is 438. The summed E-state index contributed by atoms with van der Waals surface area (Å²) in [4.78, 5) is 2.31. The first-order valence-electron chi connectivity index (χ1n) is 7.11. The van der Waals surface area contributed by atoms with Crippen molar-refractivity contribution < 1.29 is 4.74 Å². The topological polar surface area (TPSA) is 38.5 Å². The van der Waals surface area contributed by atoms with E-state index in [-0.39, 0.29) is 5.41 Å². The molecule has 0 heterocycles. The van der Waals surface area contributed by atoms with Crippen LogP contribution in [0.25, 0.3) is 0 Å². The molecule has 0 radical (unpaired) electrons. The Morgan fingerprint density at radius 2 is 2.05 bits per heavy atom. The molecule has 1 aromatic rings. The Labute approximate surface area is 116 Å². The minimum Gasteiger partial charge on any atom is -0.496 e. The van der Waals surface area contributed by atoms with E-state index in [0.29, 0.717) is 6.04 Å². The molecule has 106 valence electrons. The van der Waals surface area contributed by atoms with Crippen molar-refractivity contribution in [2.24, 2.45) is 11.1 Å². The van der Waals surface area contributed by atoms with E-state index in [9.17, 15) is 0 Å². The summed E-state index contributed by atoms with van der Waals surface area (Å²) < 4.78 is 5.42. The van der Waals surface area contributed by atoms with E-state index in [1.165, 1.54) is 24.0 Å². The normalized spacial score (nSPS) is 18.4. The minimum atomic E-state index is 0.281. The molecule has 1 atom stereocenters. The number of nitrogens with two attached hydrogens (primary N) is 1. The van der Waals surface area contributed by atoms with Crippen LogP contribution in [-0.2, 0) is 6.42 Å². The second-order valence-electron chi connectivity index (χ2n) is 5.86. The van der Waals surface area contributed by atoms with Crippen LogP contribution in [0.1, 0.15) is 36.9 Å². The van der Waals surface area contributed by atoms with Gasteiger partial charge >= 0.3 is 0 Å². The molecule has 1 unspecified atom stereocenters. The molecular formula is C16H26N2O. The van der Waals surface area contributed by atoms with E-state index < -0.39 is 0 Å². The molecule has 3 nitrogen and oxygen atoms in total. The van der Waals surface area contributed by atoms with Gasteiger partial charge in [0.2, 0.25) is 0 Å². The van der Waals surface area contributed by atoms with Gasteiger partial charge in [0, 0.05) is 11.5 Å². The number of hydrogen-bond donors (Lipinski definition) is 1. The highest BCUT2D eigenvalue weighted by Crippen LogP contribution is 2.56. The predicted molar refractivity (Wildman–Crippen MR) is 79.5 cm³/mol. The Balaban J connectivity index is 2.38. The number of methoxy groups -OCH3 is 1. The summed E-state index contributed by atoms with van der Waals surface area (Å²) in [6.45, 7) is 2.94. The molecular weight excluding hydrogens is 236 g/mol. The summed E-state index contributed by atoms with van der Waals surface area (Å²) in [5, 5.41) is 0. The van der Waals surface area contributed by atoms with E-state index in [1.54, 1.807) is 7.11 Å². The molecule has 0 aliphatic heterocycles. The molecule has 2 N–H and O–H groups in total. The highest BCUT2D eigenvalue weighted by atomic mass is 16.5. The zero-order valence-corrected chi connectivity index (χ0v) is 12.6. The van der Waals surface area contributed by atoms with Crippen LogP contribution in [0.2, 0.25) is 0 Å². The Morgan fingerprint density at radius 3 is 2.47 bits per heavy atom. The first-order chi connectivity index (χ1) is 9.07. The summed E-state index contributed by atoms with van der Waals surface area (Å²) in [5.74, 6) is 0.987. The van der Waals surface area contributed by atoms with Gasteiger partial charge in [-0.2, -0.15) is 0 Å². The molecule has 1 aliphatic carbocycles. The zero-order chi connectivity index (χ0) is 14.0. The van der Waals surface area contributed by atoms with E-state index >= 15 is 0 Å². The standard InChI is InChI=1S/C16H26N2O/c1-5-12-10-13(6-7-14(12)19-4)15(18(2)3)16(11-17)8-9-16/h6-7,10,15H,5,8-9,11,17H2,1-4H3. The van der Waals surface area contributed by atoms with Crippen molar-refractivity contribution in [3.63, 3.8) is 0 Å². The quantitative estimate of drug-likeness (QED) is 0.856. The van der Waals surface area contributed by atoms with Gasteiger partial charge in [-0.1, -0.05) is 19.1 Å². The Morgan fingerprint density at radius 1 is 1.37 bits per heavy atom. The lowest BCUT2D eigenvalue weighted by Gasteiger charge is -2.33. The maximum Gasteiger partial charge on any atom is 0.122 e. The third kappa shape index (κ3) is 2.63. The van der Waals surface area contributed by atoms with Gasteiger partial charge in [0.1, 0.15) is 5.75 Å². The third-order valence-corrected chi connectivity index (χ3v) is 4.40. The molecule has 0 aromatic heterocycles. The second kappa shape index (κ2) is 5.51. The molecule has 1 aromatic carbocycles. The van der Waals surface area contributed by atoms with Crippen LogP contribution in [-0.4, -0.2) is 32.6 Å². The molecule has 0 spiro atoms. The largest absolute Gasteiger partial charge is 0.496 e. The van der Waals surface area contributed by atoms with Gasteiger partial charge in [-0.15, -0.1) is 0 Å². The SMILES string of the molecule is CCc1cc(C(N(C)C)C2(CN)CC2)ccc1OC. The minimum absolute atomic E-state index is 0.281. The van der Waals surface area contributed by atoms with Crippen LogP contribution in [0.15, 0.2) is 18.2 Å². The molecule has 0 amide bonds. The van der Waals surface area contributed by atoms with Crippen LogP contribution < -0.4 is 10.5 Å². The van der Waals surface area contributed by atoms with E-state index in [0.717, 1.165) is 18.7 Å². The van der Waals surface area contributed by atoms with Gasteiger partial charge in [-0.05, 0) is 57.1 Å². The third-order valence-electron chi connectivity index (χ3n) is 4.40. The van der Waals surface area contributed by atoms with Crippen molar-refractivity contribution in [3.8, 4) is 5.75 Å². The number of hydrogen-bond acceptors (Lipinski definition) is 3. The molecule has 19 heavy (non-hydrogen) atoms. The highest BCUT2D eigenvalue weighted by molar-refractivity contribution is 5.39. The molecule has 0 saturated heterocycles. The number of benzene rings is 1. The Kier molecular flexibility index (Phi) is 4.16. The van der Waals surface area contributed by atoms with Gasteiger partial charge in [-0.3, -0.25) is 0 Å². The summed E-state index contributed by atoms with van der Waals surface area (Å²) in [6, 6.07) is 6.99. The lowest BCUT2D eigenvalue weighted by atomic mass is 9.88. The molecule has 2 rings (SSSR count). The summed E-state index contributed by atoms with van der Waals surface area (Å²) in [6.07, 6.45) is 3.46. The number of ether oxygens (including phenoxy) is 1. The first kappa shape index (κ1) is 14.4. The smallest absolute Gasteiger partial charge is 0.122 e. The zero-order valence-electron chi connectivity index (χ0n) is 12.6. The average molecular weight is 262 g/mol. The lowest BCUT2D eigenvalue weighted by Crippen LogP contribution is -2.33. The van der Waals surface area contributed by atoms with Crippen molar-refractivity contribution >= 4 is 0 Å². The Hall–Kier alpha value is -1.06. The maximum absolute atomic E-state index is 6.02. The van der Waals surface area contributed by atoms with Crippen molar-refractivity contribution in [1.29, 1.82) is 0 Å². The van der Waals surface area contributed by atoms with Crippen molar-refractivity contribution in [3.05, 3.63) is 29.3 Å². The van der Waals surface area contributed by atoms with Crippen LogP contribution in [0.3, 0.4) is 0 Å². The highest BCUT2D eigenvalue weighted by Gasteiger charge is 2.49. The van der Waals surface area contributed by atoms with Crippen molar-refractivity contribution in [1.82, 2.24) is 4.90 Å². The number of rotatable bonds is 6. The lowest BCUT2D eigenvalue weighted by molar-refractivity contribution is 0.198. The van der Waals surface area contributed by atoms with Gasteiger partial charge < -0.3 is 15.4 Å². The summed E-state index contributed by atoms with van der Waals surface area (Å²) in [7, 11) is 6.03. The van der Waals surface area contributed by atoms with Crippen molar-refractivity contribution in [2.45, 2.75) is 32.2 Å². The van der Waals surface area contributed by atoms with Crippen molar-refractivity contribution in [2.75, 3.05) is 27.7 Å². The fourth-order valence-electron chi connectivity index (χ4n) is 3.19. The van der Waals surface area contributed by atoms with Crippen LogP contribution >= 0.6 is 0 Å². The van der Waals surface area contributed by atoms with E-state index in [4.69, 9.17) is 10.5 Å². The summed E-state index contributed by atoms with van der Waals surface area (Å²) >= 11 is 0. The molecule has 3 heteroatoms. The first-order valence-corrected chi connectivity index (χ1v) is 7.11. The molecule has 1 fully saturated rings. The van der Waals surface area contributed by atoms with E-state index in [1.807, 2.05) is 0 Å². The second-order valence-corrected chi connectivity index (χ2v) is 5.86. The number of nitrogens with zero attached hydrogens (tertiary/aromatic N) is 1. The summed E-state index contributed by atoms with van der Waals surface area (Å²) in [5.41, 5.74) is 8.94. The van der Waals surface area contributed by atoms with Crippen LogP contribution in [0.5, 0.6) is 5.75 Å². The molecule has 1 aliphatic rings. The predicted octanol–water partition coefficient (Wildman–Crippen LogP) is 2.60. The monoisotopic (exact) mass is 262 g/mol. The van der Waals surface area contributed by atoms with Gasteiger partial charge in [-0.25, -0.2) is 0 Å². The number of aryl methyl sites for hydroxylation is 1. The maximum atomic E-state index is 6.02. The van der Waals surface area contributed by atoms with Gasteiger partial charge in [0.15, 0.2) is 0 Å². The fraction of sp³-hybridized carbons (Fsp3) is 0.625. The van der Waals surface area contributed by atoms with Crippen LogP contribution in [0.4, 0.5) is 0 Å². The fourth-order valence-corrected chi connectivity index (χ4v) is 3.19. The molecule has 1 saturated carbocycles. The van der Waals surface area contributed by atoms with Crippen LogP contribution in [0, 0.1) is 5.41 Å². The molecule has 0 bridgehead atoms. The average Bonchev–Trinajstić information content (AvgIpc) is 3.19.